The maximum absolute atomic E-state index is 2.26. The van der Waals surface area contributed by atoms with Crippen molar-refractivity contribution < 1.29 is 0 Å². The summed E-state index contributed by atoms with van der Waals surface area (Å²) >= 11 is 0.562. The van der Waals surface area contributed by atoms with Crippen LogP contribution in [0.3, 0.4) is 0 Å². The van der Waals surface area contributed by atoms with Crippen molar-refractivity contribution in [3.05, 3.63) is 54.6 Å². The molecule has 0 amide bonds. The Balaban J connectivity index is 2.51. The van der Waals surface area contributed by atoms with Crippen molar-refractivity contribution in [2.75, 3.05) is 0 Å². The van der Waals surface area contributed by atoms with Gasteiger partial charge in [0, 0.05) is 0 Å². The Labute approximate surface area is 91.1 Å². The van der Waals surface area contributed by atoms with E-state index in [0.717, 1.165) is 0 Å². The van der Waals surface area contributed by atoms with E-state index >= 15 is 0 Å². The summed E-state index contributed by atoms with van der Waals surface area (Å²) in [6, 6.07) is 19.2. The maximum atomic E-state index is 2.26. The molecule has 0 nitrogen and oxygen atoms in total. The fraction of sp³-hybridized carbons (Fsp3) is 0.0769. The average molecular weight is 247 g/mol. The molecule has 0 spiro atoms. The molecule has 0 aromatic heterocycles. The van der Waals surface area contributed by atoms with Crippen LogP contribution in [0.2, 0.25) is 5.82 Å². The summed E-state index contributed by atoms with van der Waals surface area (Å²) in [7, 11) is 0. The number of hydrogen-bond donors (Lipinski definition) is 0. The predicted molar refractivity (Wildman–Crippen MR) is 63.1 cm³/mol. The monoisotopic (exact) mass is 248 g/mol. The van der Waals surface area contributed by atoms with Gasteiger partial charge in [-0.2, -0.15) is 0 Å². The molecular formula is C13H12Se. The molecule has 1 heteroatoms. The predicted octanol–water partition coefficient (Wildman–Crippen LogP) is 2.73. The third-order valence-electron chi connectivity index (χ3n) is 2.19. The van der Waals surface area contributed by atoms with Gasteiger partial charge in [-0.25, -0.2) is 0 Å². The summed E-state index contributed by atoms with van der Waals surface area (Å²) in [5, 5.41) is 0. The SMILES string of the molecule is C[Se]c1ccccc1-c1ccccc1. The first-order chi connectivity index (χ1) is 6.92. The van der Waals surface area contributed by atoms with Gasteiger partial charge in [0.25, 0.3) is 0 Å². The standard InChI is InChI=1S/C13H12Se/c1-14-13-10-6-5-9-12(13)11-7-3-2-4-8-11/h2-10H,1H3. The zero-order valence-electron chi connectivity index (χ0n) is 8.10. The van der Waals surface area contributed by atoms with E-state index in [1.54, 1.807) is 0 Å². The quantitative estimate of drug-likeness (QED) is 0.716. The van der Waals surface area contributed by atoms with Gasteiger partial charge >= 0.3 is 91.0 Å². The first-order valence-electron chi connectivity index (χ1n) is 4.60. The van der Waals surface area contributed by atoms with Crippen molar-refractivity contribution in [2.24, 2.45) is 0 Å². The van der Waals surface area contributed by atoms with E-state index in [-0.39, 0.29) is 0 Å². The molecule has 0 fully saturated rings. The Kier molecular flexibility index (Phi) is 3.03. The molecule has 0 saturated carbocycles. The molecule has 0 heterocycles. The molecule has 2 aromatic carbocycles. The molecule has 0 aliphatic heterocycles. The van der Waals surface area contributed by atoms with Crippen LogP contribution in [0.25, 0.3) is 11.1 Å². The van der Waals surface area contributed by atoms with Crippen LogP contribution in [-0.2, 0) is 0 Å². The molecule has 0 aliphatic carbocycles. The summed E-state index contributed by atoms with van der Waals surface area (Å²) in [6.07, 6.45) is 0. The zero-order valence-corrected chi connectivity index (χ0v) is 9.82. The Morgan fingerprint density at radius 2 is 1.43 bits per heavy atom. The van der Waals surface area contributed by atoms with Gasteiger partial charge in [0.2, 0.25) is 0 Å². The van der Waals surface area contributed by atoms with Crippen LogP contribution in [0.1, 0.15) is 0 Å². The van der Waals surface area contributed by atoms with E-state index in [9.17, 15) is 0 Å². The molecule has 0 aliphatic rings. The zero-order chi connectivity index (χ0) is 9.80. The van der Waals surface area contributed by atoms with Crippen LogP contribution in [0.4, 0.5) is 0 Å². The van der Waals surface area contributed by atoms with Gasteiger partial charge in [-0.05, 0) is 0 Å². The Bertz CT molecular complexity index is 407. The number of hydrogen-bond acceptors (Lipinski definition) is 0. The molecule has 0 radical (unpaired) electrons. The second-order valence-corrected chi connectivity index (χ2v) is 4.85. The van der Waals surface area contributed by atoms with E-state index in [2.05, 4.69) is 60.4 Å². The Morgan fingerprint density at radius 3 is 2.14 bits per heavy atom. The average Bonchev–Trinajstić information content (AvgIpc) is 2.30. The first kappa shape index (κ1) is 9.51. The van der Waals surface area contributed by atoms with Gasteiger partial charge in [0.15, 0.2) is 0 Å². The van der Waals surface area contributed by atoms with Gasteiger partial charge in [0.1, 0.15) is 0 Å². The fourth-order valence-corrected chi connectivity index (χ4v) is 2.80. The van der Waals surface area contributed by atoms with Gasteiger partial charge < -0.3 is 0 Å². The first-order valence-corrected chi connectivity index (χ1v) is 7.17. The molecule has 0 unspecified atom stereocenters. The van der Waals surface area contributed by atoms with Gasteiger partial charge in [0.05, 0.1) is 0 Å². The van der Waals surface area contributed by atoms with Crippen molar-refractivity contribution in [3.8, 4) is 11.1 Å². The molecule has 14 heavy (non-hydrogen) atoms. The Morgan fingerprint density at radius 1 is 0.786 bits per heavy atom. The fourth-order valence-electron chi connectivity index (χ4n) is 1.50. The van der Waals surface area contributed by atoms with Crippen LogP contribution in [0, 0.1) is 0 Å². The van der Waals surface area contributed by atoms with Crippen LogP contribution in [0.15, 0.2) is 54.6 Å². The Hall–Kier alpha value is -1.04. The van der Waals surface area contributed by atoms with Crippen LogP contribution < -0.4 is 4.46 Å². The third kappa shape index (κ3) is 1.89. The van der Waals surface area contributed by atoms with Crippen molar-refractivity contribution in [1.82, 2.24) is 0 Å². The molecule has 0 bridgehead atoms. The number of rotatable bonds is 2. The molecule has 0 N–H and O–H groups in total. The van der Waals surface area contributed by atoms with E-state index in [1.807, 2.05) is 0 Å². The van der Waals surface area contributed by atoms with E-state index in [0.29, 0.717) is 15.0 Å². The molecular weight excluding hydrogens is 235 g/mol. The normalized spacial score (nSPS) is 10.1. The van der Waals surface area contributed by atoms with Gasteiger partial charge in [-0.3, -0.25) is 0 Å². The van der Waals surface area contributed by atoms with Crippen molar-refractivity contribution in [2.45, 2.75) is 5.82 Å². The van der Waals surface area contributed by atoms with Crippen LogP contribution in [-0.4, -0.2) is 15.0 Å². The van der Waals surface area contributed by atoms with E-state index in [4.69, 9.17) is 0 Å². The molecule has 2 aromatic rings. The summed E-state index contributed by atoms with van der Waals surface area (Å²) in [5.41, 5.74) is 2.71. The second kappa shape index (κ2) is 4.45. The van der Waals surface area contributed by atoms with Crippen LogP contribution >= 0.6 is 0 Å². The van der Waals surface area contributed by atoms with Gasteiger partial charge in [-0.1, -0.05) is 0 Å². The summed E-state index contributed by atoms with van der Waals surface area (Å²) in [4.78, 5) is 0. The van der Waals surface area contributed by atoms with Gasteiger partial charge in [-0.15, -0.1) is 0 Å². The summed E-state index contributed by atoms with van der Waals surface area (Å²) in [6.45, 7) is 0. The van der Waals surface area contributed by atoms with Crippen molar-refractivity contribution in [1.29, 1.82) is 0 Å². The minimum atomic E-state index is 0.562. The van der Waals surface area contributed by atoms with E-state index < -0.39 is 0 Å². The minimum absolute atomic E-state index is 0.562. The number of benzene rings is 2. The topological polar surface area (TPSA) is 0 Å². The van der Waals surface area contributed by atoms with Crippen molar-refractivity contribution in [3.63, 3.8) is 0 Å². The molecule has 70 valence electrons. The molecule has 2 rings (SSSR count). The second-order valence-electron chi connectivity index (χ2n) is 3.07. The van der Waals surface area contributed by atoms with E-state index in [1.165, 1.54) is 15.6 Å². The summed E-state index contributed by atoms with van der Waals surface area (Å²) in [5.74, 6) is 2.26. The van der Waals surface area contributed by atoms with Crippen molar-refractivity contribution >= 4 is 19.4 Å². The molecule has 0 saturated heterocycles. The van der Waals surface area contributed by atoms with Crippen LogP contribution in [0.5, 0.6) is 0 Å². The summed E-state index contributed by atoms with van der Waals surface area (Å²) < 4.78 is 1.48. The molecule has 0 atom stereocenters. The third-order valence-corrected chi connectivity index (χ3v) is 3.86.